The Hall–Kier alpha value is -1.25. The Morgan fingerprint density at radius 2 is 2.19 bits per heavy atom. The van der Waals surface area contributed by atoms with Crippen molar-refractivity contribution in [3.05, 3.63) is 10.9 Å². The van der Waals surface area contributed by atoms with Crippen LogP contribution in [0.4, 0.5) is 10.7 Å². The van der Waals surface area contributed by atoms with Gasteiger partial charge < -0.3 is 15.7 Å². The molecule has 1 aromatic heterocycles. The smallest absolute Gasteiger partial charge is 0.129 e. The Kier molecular flexibility index (Phi) is 2.78. The zero-order chi connectivity index (χ0) is 11.8. The van der Waals surface area contributed by atoms with Crippen LogP contribution in [0.2, 0.25) is 0 Å². The second kappa shape index (κ2) is 3.96. The van der Waals surface area contributed by atoms with E-state index in [4.69, 9.17) is 11.0 Å². The number of nitriles is 1. The fourth-order valence-corrected chi connectivity index (χ4v) is 2.77. The van der Waals surface area contributed by atoms with Crippen molar-refractivity contribution in [2.24, 2.45) is 0 Å². The van der Waals surface area contributed by atoms with Gasteiger partial charge in [-0.25, -0.2) is 0 Å². The van der Waals surface area contributed by atoms with Crippen LogP contribution in [0.15, 0.2) is 6.07 Å². The minimum Gasteiger partial charge on any atom is -0.397 e. The highest BCUT2D eigenvalue weighted by Crippen LogP contribution is 2.34. The number of nitrogen functional groups attached to an aromatic ring is 1. The van der Waals surface area contributed by atoms with E-state index in [2.05, 4.69) is 11.0 Å². The first-order valence-corrected chi connectivity index (χ1v) is 6.10. The Labute approximate surface area is 98.9 Å². The molecule has 1 aliphatic heterocycles. The molecule has 0 bridgehead atoms. The number of nitrogens with zero attached hydrogens (tertiary/aromatic N) is 2. The standard InChI is InChI=1S/C11H15N3OS/c1-11(15)2-4-14(5-3-11)10-6-8(13)9(7-12)16-10/h6,15H,2-5,13H2,1H3. The average molecular weight is 237 g/mol. The van der Waals surface area contributed by atoms with Gasteiger partial charge in [-0.3, -0.25) is 0 Å². The molecule has 86 valence electrons. The Bertz CT molecular complexity index is 423. The zero-order valence-electron chi connectivity index (χ0n) is 9.23. The van der Waals surface area contributed by atoms with Crippen molar-refractivity contribution in [2.45, 2.75) is 25.4 Å². The molecule has 5 heteroatoms. The van der Waals surface area contributed by atoms with E-state index in [1.54, 1.807) is 0 Å². The second-order valence-corrected chi connectivity index (χ2v) is 5.50. The molecular weight excluding hydrogens is 222 g/mol. The normalized spacial score (nSPS) is 19.4. The maximum absolute atomic E-state index is 9.84. The summed E-state index contributed by atoms with van der Waals surface area (Å²) < 4.78 is 0. The lowest BCUT2D eigenvalue weighted by atomic mass is 9.94. The zero-order valence-corrected chi connectivity index (χ0v) is 10.0. The van der Waals surface area contributed by atoms with Crippen molar-refractivity contribution in [1.29, 1.82) is 5.26 Å². The van der Waals surface area contributed by atoms with Crippen LogP contribution in [0.5, 0.6) is 0 Å². The van der Waals surface area contributed by atoms with Crippen LogP contribution in [0.25, 0.3) is 0 Å². The summed E-state index contributed by atoms with van der Waals surface area (Å²) in [5.74, 6) is 0. The number of piperidine rings is 1. The Morgan fingerprint density at radius 1 is 1.56 bits per heavy atom. The molecule has 0 radical (unpaired) electrons. The van der Waals surface area contributed by atoms with Crippen molar-refractivity contribution >= 4 is 22.0 Å². The van der Waals surface area contributed by atoms with Gasteiger partial charge in [-0.1, -0.05) is 0 Å². The molecular formula is C11H15N3OS. The Balaban J connectivity index is 2.12. The maximum atomic E-state index is 9.84. The molecule has 16 heavy (non-hydrogen) atoms. The summed E-state index contributed by atoms with van der Waals surface area (Å²) in [7, 11) is 0. The van der Waals surface area contributed by atoms with E-state index in [1.165, 1.54) is 11.3 Å². The van der Waals surface area contributed by atoms with Gasteiger partial charge in [0.15, 0.2) is 0 Å². The van der Waals surface area contributed by atoms with Crippen LogP contribution in [-0.2, 0) is 0 Å². The van der Waals surface area contributed by atoms with Gasteiger partial charge in [0, 0.05) is 13.1 Å². The number of hydrogen-bond donors (Lipinski definition) is 2. The highest BCUT2D eigenvalue weighted by Gasteiger charge is 2.28. The fourth-order valence-electron chi connectivity index (χ4n) is 1.84. The van der Waals surface area contributed by atoms with Gasteiger partial charge in [-0.15, -0.1) is 11.3 Å². The van der Waals surface area contributed by atoms with E-state index in [0.717, 1.165) is 30.9 Å². The van der Waals surface area contributed by atoms with Crippen LogP contribution in [0, 0.1) is 11.3 Å². The predicted octanol–water partition coefficient (Wildman–Crippen LogP) is 1.55. The summed E-state index contributed by atoms with van der Waals surface area (Å²) in [5.41, 5.74) is 5.73. The van der Waals surface area contributed by atoms with Gasteiger partial charge >= 0.3 is 0 Å². The third-order valence-electron chi connectivity index (χ3n) is 3.00. The molecule has 1 fully saturated rings. The maximum Gasteiger partial charge on any atom is 0.129 e. The Morgan fingerprint density at radius 3 is 2.69 bits per heavy atom. The molecule has 0 saturated carbocycles. The summed E-state index contributed by atoms with van der Waals surface area (Å²) in [4.78, 5) is 2.76. The van der Waals surface area contributed by atoms with Crippen molar-refractivity contribution in [1.82, 2.24) is 0 Å². The van der Waals surface area contributed by atoms with Crippen LogP contribution >= 0.6 is 11.3 Å². The molecule has 0 amide bonds. The molecule has 0 aromatic carbocycles. The molecule has 0 atom stereocenters. The lowest BCUT2D eigenvalue weighted by Crippen LogP contribution is -2.42. The quantitative estimate of drug-likeness (QED) is 0.777. The van der Waals surface area contributed by atoms with E-state index in [-0.39, 0.29) is 0 Å². The first kappa shape index (κ1) is 11.2. The molecule has 0 unspecified atom stereocenters. The number of nitrogens with two attached hydrogens (primary N) is 1. The molecule has 1 saturated heterocycles. The average Bonchev–Trinajstić information content (AvgIpc) is 2.59. The summed E-state index contributed by atoms with van der Waals surface area (Å²) in [6.07, 6.45) is 1.51. The third-order valence-corrected chi connectivity index (χ3v) is 4.12. The highest BCUT2D eigenvalue weighted by molar-refractivity contribution is 7.17. The van der Waals surface area contributed by atoms with Crippen molar-refractivity contribution < 1.29 is 5.11 Å². The minimum absolute atomic E-state index is 0.544. The largest absolute Gasteiger partial charge is 0.397 e. The van der Waals surface area contributed by atoms with E-state index in [1.807, 2.05) is 13.0 Å². The molecule has 2 heterocycles. The summed E-state index contributed by atoms with van der Waals surface area (Å²) in [6, 6.07) is 3.94. The lowest BCUT2D eigenvalue weighted by molar-refractivity contribution is 0.0352. The van der Waals surface area contributed by atoms with Gasteiger partial charge in [0.25, 0.3) is 0 Å². The topological polar surface area (TPSA) is 73.3 Å². The van der Waals surface area contributed by atoms with E-state index < -0.39 is 5.60 Å². The lowest BCUT2D eigenvalue weighted by Gasteiger charge is -2.36. The van der Waals surface area contributed by atoms with Gasteiger partial charge in [-0.2, -0.15) is 5.26 Å². The van der Waals surface area contributed by atoms with Crippen LogP contribution in [0.1, 0.15) is 24.6 Å². The molecule has 2 rings (SSSR count). The van der Waals surface area contributed by atoms with Crippen LogP contribution in [0.3, 0.4) is 0 Å². The van der Waals surface area contributed by atoms with Crippen LogP contribution in [-0.4, -0.2) is 23.8 Å². The van der Waals surface area contributed by atoms with E-state index in [0.29, 0.717) is 10.6 Å². The first-order chi connectivity index (χ1) is 7.52. The van der Waals surface area contributed by atoms with Crippen molar-refractivity contribution in [3.8, 4) is 6.07 Å². The summed E-state index contributed by atoms with van der Waals surface area (Å²) in [6.45, 7) is 3.50. The number of rotatable bonds is 1. The van der Waals surface area contributed by atoms with Crippen molar-refractivity contribution in [3.63, 3.8) is 0 Å². The number of aliphatic hydroxyl groups is 1. The predicted molar refractivity (Wildman–Crippen MR) is 65.5 cm³/mol. The minimum atomic E-state index is -0.544. The van der Waals surface area contributed by atoms with Gasteiger partial charge in [0.05, 0.1) is 16.3 Å². The first-order valence-electron chi connectivity index (χ1n) is 5.28. The van der Waals surface area contributed by atoms with Gasteiger partial charge in [-0.05, 0) is 25.8 Å². The second-order valence-electron chi connectivity index (χ2n) is 4.46. The monoisotopic (exact) mass is 237 g/mol. The van der Waals surface area contributed by atoms with Crippen LogP contribution < -0.4 is 10.6 Å². The number of thiophene rings is 1. The molecule has 4 nitrogen and oxygen atoms in total. The molecule has 1 aromatic rings. The summed E-state index contributed by atoms with van der Waals surface area (Å²) >= 11 is 1.42. The SMILES string of the molecule is CC1(O)CCN(c2cc(N)c(C#N)s2)CC1. The molecule has 0 aliphatic carbocycles. The van der Waals surface area contributed by atoms with E-state index >= 15 is 0 Å². The molecule has 1 aliphatic rings. The van der Waals surface area contributed by atoms with Gasteiger partial charge in [0.2, 0.25) is 0 Å². The molecule has 3 N–H and O–H groups in total. The fraction of sp³-hybridized carbons (Fsp3) is 0.545. The van der Waals surface area contributed by atoms with Crippen molar-refractivity contribution in [2.75, 3.05) is 23.7 Å². The highest BCUT2D eigenvalue weighted by atomic mass is 32.1. The summed E-state index contributed by atoms with van der Waals surface area (Å²) in [5, 5.41) is 19.7. The number of anilines is 2. The number of hydrogen-bond acceptors (Lipinski definition) is 5. The van der Waals surface area contributed by atoms with E-state index in [9.17, 15) is 5.11 Å². The third kappa shape index (κ3) is 2.13. The van der Waals surface area contributed by atoms with Gasteiger partial charge in [0.1, 0.15) is 10.9 Å². The molecule has 0 spiro atoms.